The van der Waals surface area contributed by atoms with E-state index >= 15 is 0 Å². The summed E-state index contributed by atoms with van der Waals surface area (Å²) in [7, 11) is 0. The molecular formula is C22H33N5O. The molecular weight excluding hydrogens is 350 g/mol. The number of likely N-dealkylation sites (tertiary alicyclic amines) is 1. The molecule has 1 saturated heterocycles. The third-order valence-electron chi connectivity index (χ3n) is 4.94. The normalized spacial score (nSPS) is 15.6. The maximum Gasteiger partial charge on any atom is 0.246 e. The van der Waals surface area contributed by atoms with Crippen LogP contribution in [0.2, 0.25) is 0 Å². The maximum absolute atomic E-state index is 12.2. The van der Waals surface area contributed by atoms with Gasteiger partial charge in [-0.3, -0.25) is 9.69 Å². The number of piperidine rings is 1. The van der Waals surface area contributed by atoms with Gasteiger partial charge in [0.2, 0.25) is 5.91 Å². The Morgan fingerprint density at radius 1 is 1.25 bits per heavy atom. The highest BCUT2D eigenvalue weighted by molar-refractivity contribution is 5.94. The van der Waals surface area contributed by atoms with Gasteiger partial charge in [0.15, 0.2) is 5.96 Å². The van der Waals surface area contributed by atoms with Crippen molar-refractivity contribution in [2.24, 2.45) is 4.99 Å². The highest BCUT2D eigenvalue weighted by Gasteiger charge is 2.27. The first kappa shape index (κ1) is 21.8. The second-order valence-electron chi connectivity index (χ2n) is 7.68. The Hall–Kier alpha value is -2.52. The molecule has 152 valence electrons. The van der Waals surface area contributed by atoms with Crippen LogP contribution in [0.25, 0.3) is 0 Å². The van der Waals surface area contributed by atoms with Gasteiger partial charge in [-0.15, -0.1) is 6.42 Å². The van der Waals surface area contributed by atoms with Crippen LogP contribution in [-0.2, 0) is 4.79 Å². The zero-order chi connectivity index (χ0) is 20.4. The number of nitrogens with zero attached hydrogens (tertiary/aromatic N) is 2. The average Bonchev–Trinajstić information content (AvgIpc) is 2.71. The van der Waals surface area contributed by atoms with Crippen LogP contribution in [0.3, 0.4) is 0 Å². The first-order valence-electron chi connectivity index (χ1n) is 10.1. The largest absolute Gasteiger partial charge is 0.357 e. The number of anilines is 1. The Morgan fingerprint density at radius 2 is 2.00 bits per heavy atom. The number of terminal acetylenes is 1. The Kier molecular flexibility index (Phi) is 8.34. The predicted octanol–water partition coefficient (Wildman–Crippen LogP) is 2.43. The van der Waals surface area contributed by atoms with Crippen molar-refractivity contribution in [1.82, 2.24) is 15.5 Å². The maximum atomic E-state index is 12.2. The number of nitrogens with one attached hydrogen (secondary N) is 3. The monoisotopic (exact) mass is 383 g/mol. The summed E-state index contributed by atoms with van der Waals surface area (Å²) in [6.45, 7) is 10.3. The highest BCUT2D eigenvalue weighted by Crippen LogP contribution is 2.19. The van der Waals surface area contributed by atoms with E-state index in [0.29, 0.717) is 11.6 Å². The van der Waals surface area contributed by atoms with Gasteiger partial charge in [-0.25, -0.2) is 4.99 Å². The van der Waals surface area contributed by atoms with Crippen molar-refractivity contribution >= 4 is 17.6 Å². The molecule has 1 amide bonds. The molecule has 0 unspecified atom stereocenters. The van der Waals surface area contributed by atoms with Gasteiger partial charge in [-0.1, -0.05) is 18.4 Å². The van der Waals surface area contributed by atoms with Crippen LogP contribution in [0.15, 0.2) is 29.3 Å². The quantitative estimate of drug-likeness (QED) is 0.384. The van der Waals surface area contributed by atoms with E-state index in [1.807, 2.05) is 25.1 Å². The second kappa shape index (κ2) is 10.7. The van der Waals surface area contributed by atoms with Gasteiger partial charge >= 0.3 is 0 Å². The summed E-state index contributed by atoms with van der Waals surface area (Å²) in [6, 6.07) is 7.23. The SMILES string of the molecule is C#Cc1cccc(NC(=O)CN=C(NCC)NCC(C)(C)N2CCCCC2)c1. The van der Waals surface area contributed by atoms with E-state index in [1.165, 1.54) is 19.3 Å². The topological polar surface area (TPSA) is 68.8 Å². The first-order valence-corrected chi connectivity index (χ1v) is 10.1. The average molecular weight is 384 g/mol. The molecule has 3 N–H and O–H groups in total. The first-order chi connectivity index (χ1) is 13.4. The summed E-state index contributed by atoms with van der Waals surface area (Å²) >= 11 is 0. The molecule has 6 heteroatoms. The molecule has 0 atom stereocenters. The van der Waals surface area contributed by atoms with Crippen LogP contribution in [0, 0.1) is 12.3 Å². The standard InChI is InChI=1S/C22H33N5O/c1-5-18-11-10-12-19(15-18)26-20(28)16-24-21(23-6-2)25-17-22(3,4)27-13-8-7-9-14-27/h1,10-12,15H,6-9,13-14,16-17H2,2-4H3,(H,26,28)(H2,23,24,25). The van der Waals surface area contributed by atoms with E-state index in [-0.39, 0.29) is 18.0 Å². The van der Waals surface area contributed by atoms with Crippen molar-refractivity contribution in [3.05, 3.63) is 29.8 Å². The number of carbonyl (C=O) groups is 1. The summed E-state index contributed by atoms with van der Waals surface area (Å²) in [5.41, 5.74) is 1.45. The van der Waals surface area contributed by atoms with Gasteiger partial charge in [0.25, 0.3) is 0 Å². The number of aliphatic imine (C=N–C) groups is 1. The molecule has 0 spiro atoms. The molecule has 2 rings (SSSR count). The summed E-state index contributed by atoms with van der Waals surface area (Å²) in [4.78, 5) is 19.2. The van der Waals surface area contributed by atoms with Gasteiger partial charge in [0.05, 0.1) is 0 Å². The third kappa shape index (κ3) is 6.90. The lowest BCUT2D eigenvalue weighted by Crippen LogP contribution is -2.55. The van der Waals surface area contributed by atoms with Gasteiger partial charge < -0.3 is 16.0 Å². The summed E-state index contributed by atoms with van der Waals surface area (Å²) < 4.78 is 0. The van der Waals surface area contributed by atoms with Gasteiger partial charge in [0, 0.05) is 29.9 Å². The smallest absolute Gasteiger partial charge is 0.246 e. The summed E-state index contributed by atoms with van der Waals surface area (Å²) in [5.74, 6) is 3.04. The molecule has 0 radical (unpaired) electrons. The predicted molar refractivity (Wildman–Crippen MR) is 116 cm³/mol. The minimum atomic E-state index is -0.179. The molecule has 1 aliphatic rings. The lowest BCUT2D eigenvalue weighted by molar-refractivity contribution is -0.114. The number of carbonyl (C=O) groups excluding carboxylic acids is 1. The number of hydrogen-bond acceptors (Lipinski definition) is 3. The van der Waals surface area contributed by atoms with Gasteiger partial charge in [-0.2, -0.15) is 0 Å². The van der Waals surface area contributed by atoms with Crippen molar-refractivity contribution in [3.8, 4) is 12.3 Å². The van der Waals surface area contributed by atoms with Crippen molar-refractivity contribution in [2.45, 2.75) is 45.6 Å². The third-order valence-corrected chi connectivity index (χ3v) is 4.94. The molecule has 1 aromatic carbocycles. The number of hydrogen-bond donors (Lipinski definition) is 3. The zero-order valence-electron chi connectivity index (χ0n) is 17.3. The fraction of sp³-hybridized carbons (Fsp3) is 0.545. The molecule has 28 heavy (non-hydrogen) atoms. The van der Waals surface area contributed by atoms with Crippen molar-refractivity contribution in [2.75, 3.05) is 38.0 Å². The molecule has 1 heterocycles. The highest BCUT2D eigenvalue weighted by atomic mass is 16.1. The zero-order valence-corrected chi connectivity index (χ0v) is 17.3. The lowest BCUT2D eigenvalue weighted by Gasteiger charge is -2.41. The Balaban J connectivity index is 1.89. The number of amides is 1. The van der Waals surface area contributed by atoms with E-state index in [9.17, 15) is 4.79 Å². The second-order valence-corrected chi connectivity index (χ2v) is 7.68. The van der Waals surface area contributed by atoms with Crippen LogP contribution in [0.1, 0.15) is 45.6 Å². The Morgan fingerprint density at radius 3 is 2.68 bits per heavy atom. The van der Waals surface area contributed by atoms with E-state index in [0.717, 1.165) is 31.7 Å². The molecule has 0 bridgehead atoms. The fourth-order valence-electron chi connectivity index (χ4n) is 3.29. The molecule has 0 saturated carbocycles. The van der Waals surface area contributed by atoms with E-state index in [4.69, 9.17) is 6.42 Å². The van der Waals surface area contributed by atoms with E-state index in [1.54, 1.807) is 6.07 Å². The lowest BCUT2D eigenvalue weighted by atomic mass is 9.98. The van der Waals surface area contributed by atoms with Crippen molar-refractivity contribution in [1.29, 1.82) is 0 Å². The van der Waals surface area contributed by atoms with E-state index < -0.39 is 0 Å². The minimum absolute atomic E-state index is 0.0362. The molecule has 1 aliphatic heterocycles. The van der Waals surface area contributed by atoms with Gasteiger partial charge in [0.1, 0.15) is 6.54 Å². The van der Waals surface area contributed by atoms with E-state index in [2.05, 4.69) is 45.6 Å². The molecule has 1 aromatic rings. The van der Waals surface area contributed by atoms with Crippen LogP contribution in [0.5, 0.6) is 0 Å². The van der Waals surface area contributed by atoms with Crippen molar-refractivity contribution < 1.29 is 4.79 Å². The Labute approximate surface area is 169 Å². The number of benzene rings is 1. The number of guanidine groups is 1. The summed E-state index contributed by atoms with van der Waals surface area (Å²) in [6.07, 6.45) is 9.25. The molecule has 0 aliphatic carbocycles. The number of rotatable bonds is 7. The Bertz CT molecular complexity index is 714. The van der Waals surface area contributed by atoms with Crippen LogP contribution < -0.4 is 16.0 Å². The molecule has 6 nitrogen and oxygen atoms in total. The fourth-order valence-corrected chi connectivity index (χ4v) is 3.29. The van der Waals surface area contributed by atoms with Crippen LogP contribution >= 0.6 is 0 Å². The summed E-state index contributed by atoms with van der Waals surface area (Å²) in [5, 5.41) is 9.43. The van der Waals surface area contributed by atoms with Gasteiger partial charge in [-0.05, 0) is 64.9 Å². The van der Waals surface area contributed by atoms with Crippen LogP contribution in [0.4, 0.5) is 5.69 Å². The van der Waals surface area contributed by atoms with Crippen LogP contribution in [-0.4, -0.2) is 55.0 Å². The molecule has 0 aromatic heterocycles. The van der Waals surface area contributed by atoms with Crippen molar-refractivity contribution in [3.63, 3.8) is 0 Å². The minimum Gasteiger partial charge on any atom is -0.357 e. The molecule has 1 fully saturated rings.